The fraction of sp³-hybridized carbons (Fsp3) is 0.333. The third kappa shape index (κ3) is 5.56. The molecule has 1 saturated heterocycles. The largest absolute Gasteiger partial charge is 0.506 e. The Morgan fingerprint density at radius 1 is 1.02 bits per heavy atom. The molecule has 1 aromatic heterocycles. The molecule has 1 saturated carbocycles. The number of hydrogen-bond acceptors (Lipinski definition) is 7. The SMILES string of the molecule is N#Cc1ccc(N(Cc2ccc(C3CCCCC3)cn2)C(=O)[C@H]2CCN2S(=O)(=O)c2cc(F)c(F)c(C#N)c2)cc1O. The van der Waals surface area contributed by atoms with Crippen molar-refractivity contribution in [2.24, 2.45) is 0 Å². The molecule has 2 aromatic carbocycles. The van der Waals surface area contributed by atoms with E-state index < -0.39 is 44.1 Å². The van der Waals surface area contributed by atoms with Crippen molar-refractivity contribution < 1.29 is 27.1 Å². The van der Waals surface area contributed by atoms with Gasteiger partial charge < -0.3 is 10.0 Å². The van der Waals surface area contributed by atoms with Crippen molar-refractivity contribution in [1.29, 1.82) is 10.5 Å². The highest BCUT2D eigenvalue weighted by Gasteiger charge is 2.45. The summed E-state index contributed by atoms with van der Waals surface area (Å²) in [5.74, 6) is -3.50. The van der Waals surface area contributed by atoms with E-state index in [0.717, 1.165) is 28.8 Å². The van der Waals surface area contributed by atoms with E-state index in [1.54, 1.807) is 6.20 Å². The van der Waals surface area contributed by atoms with Crippen LogP contribution >= 0.6 is 0 Å². The van der Waals surface area contributed by atoms with E-state index in [-0.39, 0.29) is 36.5 Å². The Labute approximate surface area is 242 Å². The van der Waals surface area contributed by atoms with Gasteiger partial charge in [0.05, 0.1) is 28.3 Å². The summed E-state index contributed by atoms with van der Waals surface area (Å²) in [5, 5.41) is 28.7. The lowest BCUT2D eigenvalue weighted by atomic mass is 9.85. The Hall–Kier alpha value is -4.39. The number of carbonyl (C=O) groups is 1. The third-order valence-electron chi connectivity index (χ3n) is 7.91. The van der Waals surface area contributed by atoms with Gasteiger partial charge in [-0.05, 0) is 61.1 Å². The summed E-state index contributed by atoms with van der Waals surface area (Å²) in [5.41, 5.74) is 1.10. The van der Waals surface area contributed by atoms with E-state index in [1.807, 2.05) is 18.2 Å². The van der Waals surface area contributed by atoms with Gasteiger partial charge >= 0.3 is 0 Å². The number of anilines is 1. The summed E-state index contributed by atoms with van der Waals surface area (Å²) in [6.45, 7) is -0.107. The van der Waals surface area contributed by atoms with Crippen molar-refractivity contribution in [2.45, 2.75) is 61.9 Å². The van der Waals surface area contributed by atoms with Gasteiger partial charge in [0.2, 0.25) is 15.9 Å². The number of aromatic nitrogens is 1. The van der Waals surface area contributed by atoms with Crippen LogP contribution in [0.5, 0.6) is 5.75 Å². The highest BCUT2D eigenvalue weighted by Crippen LogP contribution is 2.34. The van der Waals surface area contributed by atoms with Gasteiger partial charge in [0.1, 0.15) is 23.9 Å². The average molecular weight is 592 g/mol. The maximum Gasteiger partial charge on any atom is 0.245 e. The molecule has 42 heavy (non-hydrogen) atoms. The zero-order valence-corrected chi connectivity index (χ0v) is 23.3. The molecule has 0 bridgehead atoms. The molecule has 0 radical (unpaired) electrons. The maximum atomic E-state index is 14.1. The van der Waals surface area contributed by atoms with Crippen LogP contribution in [-0.4, -0.2) is 41.3 Å². The quantitative estimate of drug-likeness (QED) is 0.414. The molecular formula is C30H27F2N5O4S. The molecule has 5 rings (SSSR count). The number of hydrogen-bond donors (Lipinski definition) is 1. The van der Waals surface area contributed by atoms with Crippen LogP contribution in [0.2, 0.25) is 0 Å². The predicted molar refractivity (Wildman–Crippen MR) is 147 cm³/mol. The van der Waals surface area contributed by atoms with Crippen molar-refractivity contribution in [3.8, 4) is 17.9 Å². The topological polar surface area (TPSA) is 138 Å². The molecule has 9 nitrogen and oxygen atoms in total. The van der Waals surface area contributed by atoms with Crippen molar-refractivity contribution in [3.63, 3.8) is 0 Å². The second-order valence-corrected chi connectivity index (χ2v) is 12.3. The molecule has 12 heteroatoms. The molecular weight excluding hydrogens is 564 g/mol. The minimum atomic E-state index is -4.47. The van der Waals surface area contributed by atoms with E-state index >= 15 is 0 Å². The number of aromatic hydroxyl groups is 1. The monoisotopic (exact) mass is 591 g/mol. The van der Waals surface area contributed by atoms with E-state index in [1.165, 1.54) is 48.4 Å². The van der Waals surface area contributed by atoms with Gasteiger partial charge in [-0.3, -0.25) is 9.78 Å². The van der Waals surface area contributed by atoms with Crippen molar-refractivity contribution in [2.75, 3.05) is 11.4 Å². The van der Waals surface area contributed by atoms with Crippen LogP contribution in [0, 0.1) is 34.3 Å². The zero-order valence-electron chi connectivity index (χ0n) is 22.5. The summed E-state index contributed by atoms with van der Waals surface area (Å²) >= 11 is 0. The number of pyridine rings is 1. The predicted octanol–water partition coefficient (Wildman–Crippen LogP) is 4.85. The van der Waals surface area contributed by atoms with Gasteiger partial charge in [-0.2, -0.15) is 14.8 Å². The lowest BCUT2D eigenvalue weighted by Gasteiger charge is -2.41. The van der Waals surface area contributed by atoms with Gasteiger partial charge in [-0.1, -0.05) is 25.3 Å². The summed E-state index contributed by atoms with van der Waals surface area (Å²) < 4.78 is 55.6. The Morgan fingerprint density at radius 2 is 1.76 bits per heavy atom. The van der Waals surface area contributed by atoms with Crippen LogP contribution in [0.25, 0.3) is 0 Å². The molecule has 3 aromatic rings. The lowest BCUT2D eigenvalue weighted by Crippen LogP contribution is -2.59. The number of halogens is 2. The van der Waals surface area contributed by atoms with Gasteiger partial charge in [-0.15, -0.1) is 0 Å². The number of benzene rings is 2. The Balaban J connectivity index is 1.45. The molecule has 2 heterocycles. The van der Waals surface area contributed by atoms with Crippen LogP contribution in [0.15, 0.2) is 53.6 Å². The standard InChI is InChI=1S/C30H27F2N5O4S/c31-26-14-25(12-22(16-34)29(26)32)42(40,41)37-11-10-27(37)30(39)36(24-9-7-20(15-33)28(38)13-24)18-23-8-6-21(17-35-23)19-4-2-1-3-5-19/h6-9,12-14,17,19,27,38H,1-5,10-11,18H2/t27-/m1/s1. The lowest BCUT2D eigenvalue weighted by molar-refractivity contribution is -0.125. The number of sulfonamides is 1. The molecule has 2 aliphatic rings. The highest BCUT2D eigenvalue weighted by molar-refractivity contribution is 7.89. The molecule has 1 aliphatic carbocycles. The molecule has 216 valence electrons. The first-order chi connectivity index (χ1) is 20.1. The summed E-state index contributed by atoms with van der Waals surface area (Å²) in [6.07, 6.45) is 7.69. The Kier molecular flexibility index (Phi) is 8.21. The molecule has 0 unspecified atom stereocenters. The normalized spacial score (nSPS) is 17.6. The molecule has 0 spiro atoms. The first kappa shape index (κ1) is 29.1. The summed E-state index contributed by atoms with van der Waals surface area (Å²) in [7, 11) is -4.47. The number of rotatable bonds is 7. The minimum Gasteiger partial charge on any atom is -0.506 e. The van der Waals surface area contributed by atoms with Gasteiger partial charge in [0, 0.05) is 24.5 Å². The maximum absolute atomic E-state index is 14.1. The number of nitrogens with zero attached hydrogens (tertiary/aromatic N) is 5. The van der Waals surface area contributed by atoms with Crippen LogP contribution < -0.4 is 4.90 Å². The third-order valence-corrected chi connectivity index (χ3v) is 9.79. The van der Waals surface area contributed by atoms with E-state index in [9.17, 15) is 32.4 Å². The average Bonchev–Trinajstić information content (AvgIpc) is 2.97. The molecule has 1 N–H and O–H groups in total. The van der Waals surface area contributed by atoms with Gasteiger partial charge in [0.25, 0.3) is 0 Å². The molecule has 1 amide bonds. The van der Waals surface area contributed by atoms with Gasteiger partial charge in [0.15, 0.2) is 11.6 Å². The second kappa shape index (κ2) is 11.8. The number of amides is 1. The van der Waals surface area contributed by atoms with Crippen LogP contribution in [0.1, 0.15) is 66.8 Å². The number of nitriles is 2. The minimum absolute atomic E-state index is 0.000547. The zero-order chi connectivity index (χ0) is 30.0. The van der Waals surface area contributed by atoms with Crippen molar-refractivity contribution in [3.05, 3.63) is 82.7 Å². The molecule has 1 atom stereocenters. The fourth-order valence-corrected chi connectivity index (χ4v) is 7.12. The van der Waals surface area contributed by atoms with Gasteiger partial charge in [-0.25, -0.2) is 17.2 Å². The number of phenols is 1. The highest BCUT2D eigenvalue weighted by atomic mass is 32.2. The summed E-state index contributed by atoms with van der Waals surface area (Å²) in [4.78, 5) is 19.1. The van der Waals surface area contributed by atoms with E-state index in [2.05, 4.69) is 4.98 Å². The van der Waals surface area contributed by atoms with Crippen LogP contribution in [0.4, 0.5) is 14.5 Å². The van der Waals surface area contributed by atoms with Crippen molar-refractivity contribution in [1.82, 2.24) is 9.29 Å². The Morgan fingerprint density at radius 3 is 2.36 bits per heavy atom. The smallest absolute Gasteiger partial charge is 0.245 e. The molecule has 2 fully saturated rings. The van der Waals surface area contributed by atoms with E-state index in [0.29, 0.717) is 17.7 Å². The van der Waals surface area contributed by atoms with Crippen LogP contribution in [0.3, 0.4) is 0 Å². The second-order valence-electron chi connectivity index (χ2n) is 10.5. The van der Waals surface area contributed by atoms with Crippen LogP contribution in [-0.2, 0) is 21.4 Å². The molecule has 1 aliphatic heterocycles. The number of phenolic OH excluding ortho intramolecular Hbond substituents is 1. The number of carbonyl (C=O) groups excluding carboxylic acids is 1. The first-order valence-corrected chi connectivity index (χ1v) is 15.0. The summed E-state index contributed by atoms with van der Waals surface area (Å²) in [6, 6.07) is 11.2. The Bertz CT molecular complexity index is 1710. The van der Waals surface area contributed by atoms with Crippen molar-refractivity contribution >= 4 is 21.6 Å². The first-order valence-electron chi connectivity index (χ1n) is 13.5. The fourth-order valence-electron chi connectivity index (χ4n) is 5.46. The van der Waals surface area contributed by atoms with E-state index in [4.69, 9.17) is 5.26 Å².